The Hall–Kier alpha value is -2.73. The third-order valence-electron chi connectivity index (χ3n) is 4.93. The summed E-state index contributed by atoms with van der Waals surface area (Å²) in [5, 5.41) is 10.8. The van der Waals surface area contributed by atoms with E-state index in [0.717, 1.165) is 35.0 Å². The first-order valence-corrected chi connectivity index (χ1v) is 9.99. The van der Waals surface area contributed by atoms with Gasteiger partial charge in [-0.1, -0.05) is 29.8 Å². The maximum absolute atomic E-state index is 12.5. The van der Waals surface area contributed by atoms with E-state index in [9.17, 15) is 4.79 Å². The quantitative estimate of drug-likeness (QED) is 0.696. The molecule has 27 heavy (non-hydrogen) atoms. The van der Waals surface area contributed by atoms with Gasteiger partial charge in [-0.25, -0.2) is 0 Å². The highest BCUT2D eigenvalue weighted by Crippen LogP contribution is 2.24. The van der Waals surface area contributed by atoms with Crippen LogP contribution in [0.5, 0.6) is 0 Å². The first kappa shape index (κ1) is 17.7. The van der Waals surface area contributed by atoms with Gasteiger partial charge in [0.25, 0.3) is 5.91 Å². The van der Waals surface area contributed by atoms with Crippen molar-refractivity contribution in [2.24, 2.45) is 0 Å². The van der Waals surface area contributed by atoms with Crippen molar-refractivity contribution in [2.45, 2.75) is 13.8 Å². The zero-order valence-corrected chi connectivity index (χ0v) is 16.4. The fourth-order valence-corrected chi connectivity index (χ4v) is 4.12. The highest BCUT2D eigenvalue weighted by Gasteiger charge is 2.23. The number of thiophene rings is 1. The average Bonchev–Trinajstić information content (AvgIpc) is 3.23. The fourth-order valence-electron chi connectivity index (χ4n) is 3.43. The second-order valence-corrected chi connectivity index (χ2v) is 7.80. The highest BCUT2D eigenvalue weighted by molar-refractivity contribution is 7.12. The molecule has 0 unspecified atom stereocenters. The lowest BCUT2D eigenvalue weighted by Gasteiger charge is -2.35. The van der Waals surface area contributed by atoms with Crippen molar-refractivity contribution in [1.82, 2.24) is 15.1 Å². The Balaban J connectivity index is 1.42. The third-order valence-corrected chi connectivity index (χ3v) is 5.79. The van der Waals surface area contributed by atoms with Crippen molar-refractivity contribution in [3.8, 4) is 11.3 Å². The van der Waals surface area contributed by atoms with Crippen LogP contribution in [0.4, 0.5) is 5.82 Å². The van der Waals surface area contributed by atoms with Gasteiger partial charge >= 0.3 is 0 Å². The van der Waals surface area contributed by atoms with E-state index in [2.05, 4.69) is 47.1 Å². The van der Waals surface area contributed by atoms with E-state index >= 15 is 0 Å². The molecule has 5 nitrogen and oxygen atoms in total. The van der Waals surface area contributed by atoms with E-state index in [1.807, 2.05) is 34.5 Å². The normalized spacial score (nSPS) is 14.4. The monoisotopic (exact) mass is 378 g/mol. The van der Waals surface area contributed by atoms with Crippen LogP contribution < -0.4 is 4.90 Å². The number of hydrogen-bond donors (Lipinski definition) is 0. The molecule has 138 valence electrons. The summed E-state index contributed by atoms with van der Waals surface area (Å²) < 4.78 is 0. The van der Waals surface area contributed by atoms with Gasteiger partial charge in [-0.05, 0) is 43.0 Å². The third kappa shape index (κ3) is 3.71. The van der Waals surface area contributed by atoms with Crippen LogP contribution in [0, 0.1) is 13.8 Å². The molecule has 0 spiro atoms. The van der Waals surface area contributed by atoms with E-state index in [4.69, 9.17) is 0 Å². The van der Waals surface area contributed by atoms with Gasteiger partial charge in [-0.2, -0.15) is 0 Å². The van der Waals surface area contributed by atoms with Gasteiger partial charge in [0.2, 0.25) is 0 Å². The molecule has 0 saturated carbocycles. The smallest absolute Gasteiger partial charge is 0.264 e. The van der Waals surface area contributed by atoms with Crippen LogP contribution in [-0.4, -0.2) is 47.2 Å². The zero-order chi connectivity index (χ0) is 18.8. The van der Waals surface area contributed by atoms with Gasteiger partial charge in [-0.3, -0.25) is 4.79 Å². The van der Waals surface area contributed by atoms with Crippen molar-refractivity contribution >= 4 is 23.1 Å². The maximum Gasteiger partial charge on any atom is 0.264 e. The number of hydrogen-bond acceptors (Lipinski definition) is 5. The number of carbonyl (C=O) groups is 1. The van der Waals surface area contributed by atoms with Crippen molar-refractivity contribution in [1.29, 1.82) is 0 Å². The molecule has 3 heterocycles. The summed E-state index contributed by atoms with van der Waals surface area (Å²) in [6.45, 7) is 7.15. The second-order valence-electron chi connectivity index (χ2n) is 6.85. The van der Waals surface area contributed by atoms with Crippen LogP contribution in [0.25, 0.3) is 11.3 Å². The van der Waals surface area contributed by atoms with Crippen LogP contribution in [0.15, 0.2) is 47.8 Å². The average molecular weight is 379 g/mol. The molecule has 2 aromatic heterocycles. The van der Waals surface area contributed by atoms with Crippen LogP contribution >= 0.6 is 11.3 Å². The largest absolute Gasteiger partial charge is 0.352 e. The first-order chi connectivity index (χ1) is 13.1. The number of piperazine rings is 1. The molecule has 1 aliphatic heterocycles. The summed E-state index contributed by atoms with van der Waals surface area (Å²) in [6, 6.07) is 14.2. The Morgan fingerprint density at radius 3 is 2.44 bits per heavy atom. The number of benzene rings is 1. The molecule has 0 aliphatic carbocycles. The van der Waals surface area contributed by atoms with Gasteiger partial charge < -0.3 is 9.80 Å². The summed E-state index contributed by atoms with van der Waals surface area (Å²) in [5.74, 6) is 0.993. The lowest BCUT2D eigenvalue weighted by atomic mass is 10.0. The standard InChI is InChI=1S/C21H22N4OS/c1-15-5-6-17(16(2)14-15)18-7-8-20(23-22-18)24-9-11-25(12-10-24)21(26)19-4-3-13-27-19/h3-8,13-14H,9-12H2,1-2H3. The molecule has 6 heteroatoms. The highest BCUT2D eigenvalue weighted by atomic mass is 32.1. The SMILES string of the molecule is Cc1ccc(-c2ccc(N3CCN(C(=O)c4cccs4)CC3)nn2)c(C)c1. The van der Waals surface area contributed by atoms with Gasteiger partial charge in [0.15, 0.2) is 5.82 Å². The number of carbonyl (C=O) groups excluding carboxylic acids is 1. The van der Waals surface area contributed by atoms with E-state index in [1.54, 1.807) is 0 Å². The number of nitrogens with zero attached hydrogens (tertiary/aromatic N) is 4. The molecule has 0 radical (unpaired) electrons. The zero-order valence-electron chi connectivity index (χ0n) is 15.6. The molecular weight excluding hydrogens is 356 g/mol. The Morgan fingerprint density at radius 2 is 1.81 bits per heavy atom. The van der Waals surface area contributed by atoms with Crippen LogP contribution in [-0.2, 0) is 0 Å². The Kier molecular flexibility index (Phi) is 4.90. The summed E-state index contributed by atoms with van der Waals surface area (Å²) in [7, 11) is 0. The van der Waals surface area contributed by atoms with Gasteiger partial charge in [0, 0.05) is 31.7 Å². The molecule has 1 aliphatic rings. The predicted octanol–water partition coefficient (Wildman–Crippen LogP) is 3.78. The molecule has 4 rings (SSSR count). The lowest BCUT2D eigenvalue weighted by molar-refractivity contribution is 0.0751. The molecule has 0 atom stereocenters. The fraction of sp³-hybridized carbons (Fsp3) is 0.286. The first-order valence-electron chi connectivity index (χ1n) is 9.11. The second kappa shape index (κ2) is 7.48. The molecule has 1 saturated heterocycles. The number of aryl methyl sites for hydroxylation is 2. The molecule has 1 fully saturated rings. The number of amides is 1. The van der Waals surface area contributed by atoms with Gasteiger partial charge in [0.1, 0.15) is 0 Å². The summed E-state index contributed by atoms with van der Waals surface area (Å²) in [5.41, 5.74) is 4.46. The molecule has 0 bridgehead atoms. The summed E-state index contributed by atoms with van der Waals surface area (Å²) in [4.78, 5) is 17.4. The van der Waals surface area contributed by atoms with Crippen molar-refractivity contribution in [2.75, 3.05) is 31.1 Å². The number of aromatic nitrogens is 2. The Labute approximate surface area is 163 Å². The molecule has 3 aromatic rings. The molecular formula is C21H22N4OS. The summed E-state index contributed by atoms with van der Waals surface area (Å²) in [6.07, 6.45) is 0. The van der Waals surface area contributed by atoms with E-state index in [1.165, 1.54) is 22.5 Å². The van der Waals surface area contributed by atoms with E-state index in [0.29, 0.717) is 13.1 Å². The topological polar surface area (TPSA) is 49.3 Å². The van der Waals surface area contributed by atoms with Crippen molar-refractivity contribution < 1.29 is 4.79 Å². The van der Waals surface area contributed by atoms with Gasteiger partial charge in [0.05, 0.1) is 10.6 Å². The Morgan fingerprint density at radius 1 is 1.00 bits per heavy atom. The molecule has 1 amide bonds. The minimum absolute atomic E-state index is 0.126. The van der Waals surface area contributed by atoms with E-state index < -0.39 is 0 Å². The minimum atomic E-state index is 0.126. The van der Waals surface area contributed by atoms with Crippen molar-refractivity contribution in [3.63, 3.8) is 0 Å². The van der Waals surface area contributed by atoms with E-state index in [-0.39, 0.29) is 5.91 Å². The number of anilines is 1. The molecule has 0 N–H and O–H groups in total. The van der Waals surface area contributed by atoms with Crippen LogP contribution in [0.2, 0.25) is 0 Å². The molecule has 1 aromatic carbocycles. The van der Waals surface area contributed by atoms with Crippen LogP contribution in [0.1, 0.15) is 20.8 Å². The predicted molar refractivity (Wildman–Crippen MR) is 109 cm³/mol. The number of rotatable bonds is 3. The summed E-state index contributed by atoms with van der Waals surface area (Å²) >= 11 is 1.50. The Bertz CT molecular complexity index is 929. The lowest BCUT2D eigenvalue weighted by Crippen LogP contribution is -2.48. The van der Waals surface area contributed by atoms with Crippen molar-refractivity contribution in [3.05, 3.63) is 63.8 Å². The minimum Gasteiger partial charge on any atom is -0.352 e. The van der Waals surface area contributed by atoms with Crippen LogP contribution in [0.3, 0.4) is 0 Å². The maximum atomic E-state index is 12.5. The van der Waals surface area contributed by atoms with Gasteiger partial charge in [-0.15, -0.1) is 21.5 Å².